The summed E-state index contributed by atoms with van der Waals surface area (Å²) in [5, 5.41) is 0. The van der Waals surface area contributed by atoms with Gasteiger partial charge in [0, 0.05) is 39.9 Å². The van der Waals surface area contributed by atoms with Crippen LogP contribution < -0.4 is 5.73 Å². The minimum Gasteiger partial charge on any atom is -0.383 e. The molecule has 108 valence electrons. The number of rotatable bonds is 9. The molecule has 19 heavy (non-hydrogen) atoms. The van der Waals surface area contributed by atoms with E-state index in [2.05, 4.69) is 24.0 Å². The lowest BCUT2D eigenvalue weighted by Gasteiger charge is -2.26. The number of hydrogen-bond acceptors (Lipinski definition) is 4. The lowest BCUT2D eigenvalue weighted by Crippen LogP contribution is -2.37. The minimum absolute atomic E-state index is 0.0231. The molecule has 1 aromatic rings. The molecule has 0 aliphatic rings. The lowest BCUT2D eigenvalue weighted by atomic mass is 10.0. The first kappa shape index (κ1) is 16.1. The van der Waals surface area contributed by atoms with Crippen LogP contribution in [0.1, 0.15) is 17.2 Å². The molecule has 1 rings (SSSR count). The first-order valence-electron chi connectivity index (χ1n) is 6.70. The molecular weight excluding hydrogens is 240 g/mol. The summed E-state index contributed by atoms with van der Waals surface area (Å²) in [6.45, 7) is 6.09. The van der Waals surface area contributed by atoms with Gasteiger partial charge in [0.25, 0.3) is 0 Å². The number of benzene rings is 1. The summed E-state index contributed by atoms with van der Waals surface area (Å²) in [4.78, 5) is 2.28. The van der Waals surface area contributed by atoms with Crippen molar-refractivity contribution in [1.82, 2.24) is 4.90 Å². The van der Waals surface area contributed by atoms with Gasteiger partial charge >= 0.3 is 0 Å². The van der Waals surface area contributed by atoms with Crippen molar-refractivity contribution in [3.05, 3.63) is 35.4 Å². The van der Waals surface area contributed by atoms with Crippen molar-refractivity contribution in [1.29, 1.82) is 0 Å². The Balaban J connectivity index is 2.59. The van der Waals surface area contributed by atoms with Crippen molar-refractivity contribution in [3.8, 4) is 0 Å². The Kier molecular flexibility index (Phi) is 7.67. The van der Waals surface area contributed by atoms with Crippen molar-refractivity contribution >= 4 is 0 Å². The largest absolute Gasteiger partial charge is 0.383 e. The van der Waals surface area contributed by atoms with Crippen molar-refractivity contribution in [2.45, 2.75) is 13.0 Å². The molecular formula is C15H26N2O2. The van der Waals surface area contributed by atoms with Gasteiger partial charge in [-0.2, -0.15) is 0 Å². The number of methoxy groups -OCH3 is 2. The quantitative estimate of drug-likeness (QED) is 0.737. The first-order valence-corrected chi connectivity index (χ1v) is 6.70. The molecule has 0 saturated carbocycles. The number of nitrogens with zero attached hydrogens (tertiary/aromatic N) is 1. The molecule has 0 saturated heterocycles. The van der Waals surface area contributed by atoms with Crippen LogP contribution >= 0.6 is 0 Å². The van der Waals surface area contributed by atoms with Crippen LogP contribution in [-0.4, -0.2) is 52.0 Å². The highest BCUT2D eigenvalue weighted by Crippen LogP contribution is 2.16. The second-order valence-corrected chi connectivity index (χ2v) is 4.75. The zero-order chi connectivity index (χ0) is 14.1. The Morgan fingerprint density at radius 1 is 1.11 bits per heavy atom. The summed E-state index contributed by atoms with van der Waals surface area (Å²) < 4.78 is 10.3. The van der Waals surface area contributed by atoms with Gasteiger partial charge in [0.15, 0.2) is 0 Å². The molecule has 0 aliphatic carbocycles. The second-order valence-electron chi connectivity index (χ2n) is 4.75. The summed E-state index contributed by atoms with van der Waals surface area (Å²) in [5.74, 6) is 0. The van der Waals surface area contributed by atoms with Gasteiger partial charge in [-0.15, -0.1) is 0 Å². The molecule has 0 aliphatic heterocycles. The minimum atomic E-state index is 0.0231. The molecule has 0 heterocycles. The van der Waals surface area contributed by atoms with E-state index in [1.54, 1.807) is 14.2 Å². The molecule has 1 atom stereocenters. The molecule has 0 amide bonds. The Labute approximate surface area is 116 Å². The highest BCUT2D eigenvalue weighted by molar-refractivity contribution is 5.28. The van der Waals surface area contributed by atoms with Gasteiger partial charge in [0.05, 0.1) is 13.2 Å². The normalized spacial score (nSPS) is 12.9. The van der Waals surface area contributed by atoms with Crippen LogP contribution in [-0.2, 0) is 9.47 Å². The van der Waals surface area contributed by atoms with Crippen molar-refractivity contribution in [2.75, 3.05) is 47.1 Å². The fourth-order valence-corrected chi connectivity index (χ4v) is 2.11. The molecule has 0 aromatic heterocycles. The lowest BCUT2D eigenvalue weighted by molar-refractivity contribution is 0.110. The fraction of sp³-hybridized carbons (Fsp3) is 0.600. The van der Waals surface area contributed by atoms with E-state index in [1.165, 1.54) is 11.1 Å². The number of aryl methyl sites for hydroxylation is 1. The average molecular weight is 266 g/mol. The Bertz CT molecular complexity index is 350. The van der Waals surface area contributed by atoms with E-state index in [9.17, 15) is 0 Å². The van der Waals surface area contributed by atoms with E-state index in [4.69, 9.17) is 15.2 Å². The van der Waals surface area contributed by atoms with E-state index in [1.807, 2.05) is 12.1 Å². The van der Waals surface area contributed by atoms with Gasteiger partial charge in [-0.3, -0.25) is 4.90 Å². The SMILES string of the molecule is COCCN(CCOC)CC(N)c1ccccc1C. The molecule has 0 fully saturated rings. The summed E-state index contributed by atoms with van der Waals surface area (Å²) in [7, 11) is 3.44. The summed E-state index contributed by atoms with van der Waals surface area (Å²) in [6, 6.07) is 8.31. The molecule has 4 nitrogen and oxygen atoms in total. The number of hydrogen-bond donors (Lipinski definition) is 1. The predicted molar refractivity (Wildman–Crippen MR) is 78.3 cm³/mol. The van der Waals surface area contributed by atoms with Crippen LogP contribution in [0.4, 0.5) is 0 Å². The van der Waals surface area contributed by atoms with E-state index in [-0.39, 0.29) is 6.04 Å². The van der Waals surface area contributed by atoms with Crippen molar-refractivity contribution < 1.29 is 9.47 Å². The van der Waals surface area contributed by atoms with E-state index in [0.29, 0.717) is 13.2 Å². The second kappa shape index (κ2) is 9.04. The maximum Gasteiger partial charge on any atom is 0.0589 e. The van der Waals surface area contributed by atoms with Crippen LogP contribution in [0.2, 0.25) is 0 Å². The number of nitrogens with two attached hydrogens (primary N) is 1. The van der Waals surface area contributed by atoms with Crippen LogP contribution in [0.5, 0.6) is 0 Å². The fourth-order valence-electron chi connectivity index (χ4n) is 2.11. The van der Waals surface area contributed by atoms with E-state index < -0.39 is 0 Å². The van der Waals surface area contributed by atoms with Gasteiger partial charge in [-0.25, -0.2) is 0 Å². The topological polar surface area (TPSA) is 47.7 Å². The molecule has 0 bridgehead atoms. The van der Waals surface area contributed by atoms with Crippen LogP contribution in [0.25, 0.3) is 0 Å². The third-order valence-electron chi connectivity index (χ3n) is 3.27. The van der Waals surface area contributed by atoms with Crippen LogP contribution in [0.15, 0.2) is 24.3 Å². The zero-order valence-corrected chi connectivity index (χ0v) is 12.3. The molecule has 4 heteroatoms. The van der Waals surface area contributed by atoms with Crippen molar-refractivity contribution in [3.63, 3.8) is 0 Å². The Morgan fingerprint density at radius 3 is 2.21 bits per heavy atom. The first-order chi connectivity index (χ1) is 9.19. The molecule has 1 aromatic carbocycles. The van der Waals surface area contributed by atoms with Gasteiger partial charge in [0.2, 0.25) is 0 Å². The van der Waals surface area contributed by atoms with Crippen molar-refractivity contribution in [2.24, 2.45) is 5.73 Å². The van der Waals surface area contributed by atoms with E-state index in [0.717, 1.165) is 19.6 Å². The Morgan fingerprint density at radius 2 is 1.68 bits per heavy atom. The maximum absolute atomic E-state index is 6.32. The number of ether oxygens (including phenoxy) is 2. The highest BCUT2D eigenvalue weighted by Gasteiger charge is 2.13. The van der Waals surface area contributed by atoms with Crippen LogP contribution in [0, 0.1) is 6.92 Å². The smallest absolute Gasteiger partial charge is 0.0589 e. The van der Waals surface area contributed by atoms with Gasteiger partial charge in [-0.05, 0) is 18.1 Å². The summed E-state index contributed by atoms with van der Waals surface area (Å²) in [6.07, 6.45) is 0. The monoisotopic (exact) mass is 266 g/mol. The zero-order valence-electron chi connectivity index (χ0n) is 12.3. The molecule has 0 radical (unpaired) electrons. The standard InChI is InChI=1S/C15H26N2O2/c1-13-6-4-5-7-14(13)15(16)12-17(8-10-18-2)9-11-19-3/h4-7,15H,8-12,16H2,1-3H3. The maximum atomic E-state index is 6.32. The molecule has 2 N–H and O–H groups in total. The third-order valence-corrected chi connectivity index (χ3v) is 3.27. The molecule has 1 unspecified atom stereocenters. The van der Waals surface area contributed by atoms with Gasteiger partial charge in [0.1, 0.15) is 0 Å². The Hall–Kier alpha value is -0.940. The summed E-state index contributed by atoms with van der Waals surface area (Å²) >= 11 is 0. The van der Waals surface area contributed by atoms with E-state index >= 15 is 0 Å². The predicted octanol–water partition coefficient (Wildman–Crippen LogP) is 1.59. The molecule has 0 spiro atoms. The third kappa shape index (κ3) is 5.70. The average Bonchev–Trinajstić information content (AvgIpc) is 2.42. The summed E-state index contributed by atoms with van der Waals surface area (Å²) in [5.41, 5.74) is 8.77. The van der Waals surface area contributed by atoms with Gasteiger partial charge in [-0.1, -0.05) is 24.3 Å². The highest BCUT2D eigenvalue weighted by atomic mass is 16.5. The van der Waals surface area contributed by atoms with Gasteiger partial charge < -0.3 is 15.2 Å². The van der Waals surface area contributed by atoms with Crippen LogP contribution in [0.3, 0.4) is 0 Å².